The second-order valence-electron chi connectivity index (χ2n) is 10.2. The molecular formula is C21H32N4O3S. The second kappa shape index (κ2) is 7.23. The summed E-state index contributed by atoms with van der Waals surface area (Å²) in [6.07, 6.45) is 7.09. The molecule has 1 aromatic rings. The highest BCUT2D eigenvalue weighted by Gasteiger charge is 2.55. The number of sulfonamides is 1. The molecule has 1 saturated heterocycles. The molecule has 3 aliphatic rings. The molecule has 0 radical (unpaired) electrons. The zero-order valence-electron chi connectivity index (χ0n) is 17.6. The largest absolute Gasteiger partial charge is 0.372 e. The second-order valence-corrected chi connectivity index (χ2v) is 12.1. The van der Waals surface area contributed by atoms with Crippen molar-refractivity contribution in [2.24, 2.45) is 16.7 Å². The summed E-state index contributed by atoms with van der Waals surface area (Å²) in [5, 5.41) is 6.35. The van der Waals surface area contributed by atoms with E-state index in [9.17, 15) is 13.2 Å². The number of aromatic nitrogens is 1. The highest BCUT2D eigenvalue weighted by Crippen LogP contribution is 2.59. The van der Waals surface area contributed by atoms with Crippen LogP contribution in [0.4, 0.5) is 5.69 Å². The summed E-state index contributed by atoms with van der Waals surface area (Å²) in [6, 6.07) is 1.72. The normalized spacial score (nSPS) is 26.0. The van der Waals surface area contributed by atoms with E-state index in [0.29, 0.717) is 32.0 Å². The Hall–Kier alpha value is -1.67. The van der Waals surface area contributed by atoms with Gasteiger partial charge in [0.25, 0.3) is 0 Å². The molecule has 29 heavy (non-hydrogen) atoms. The number of hydrogen-bond acceptors (Lipinski definition) is 5. The maximum atomic E-state index is 12.6. The summed E-state index contributed by atoms with van der Waals surface area (Å²) in [4.78, 5) is 16.6. The molecule has 2 N–H and O–H groups in total. The van der Waals surface area contributed by atoms with Gasteiger partial charge in [-0.1, -0.05) is 20.8 Å². The van der Waals surface area contributed by atoms with Gasteiger partial charge in [-0.15, -0.1) is 0 Å². The minimum absolute atomic E-state index is 0.0356. The van der Waals surface area contributed by atoms with E-state index in [1.54, 1.807) is 16.7 Å². The lowest BCUT2D eigenvalue weighted by Crippen LogP contribution is -2.43. The van der Waals surface area contributed by atoms with E-state index in [-0.39, 0.29) is 28.5 Å². The van der Waals surface area contributed by atoms with Crippen molar-refractivity contribution < 1.29 is 13.2 Å². The van der Waals surface area contributed by atoms with E-state index in [0.717, 1.165) is 30.5 Å². The Balaban J connectivity index is 1.24. The van der Waals surface area contributed by atoms with Crippen LogP contribution in [0.15, 0.2) is 18.5 Å². The number of pyridine rings is 1. The summed E-state index contributed by atoms with van der Waals surface area (Å²) < 4.78 is 26.9. The molecule has 8 heteroatoms. The Morgan fingerprint density at radius 3 is 2.72 bits per heavy atom. The molecule has 2 unspecified atom stereocenters. The van der Waals surface area contributed by atoms with Gasteiger partial charge in [0.2, 0.25) is 15.9 Å². The molecule has 1 amide bonds. The number of piperidine rings is 1. The number of amides is 1. The van der Waals surface area contributed by atoms with E-state index in [1.165, 1.54) is 0 Å². The molecule has 3 heterocycles. The molecule has 1 saturated carbocycles. The molecular weight excluding hydrogens is 388 g/mol. The van der Waals surface area contributed by atoms with Gasteiger partial charge in [-0.2, -0.15) is 0 Å². The number of hydrogen-bond donors (Lipinski definition) is 2. The Bertz CT molecular complexity index is 860. The highest BCUT2D eigenvalue weighted by atomic mass is 32.2. The van der Waals surface area contributed by atoms with Crippen LogP contribution in [0.2, 0.25) is 0 Å². The molecule has 160 valence electrons. The fourth-order valence-electron chi connectivity index (χ4n) is 4.88. The van der Waals surface area contributed by atoms with Crippen LogP contribution < -0.4 is 10.6 Å². The minimum atomic E-state index is -3.19. The lowest BCUT2D eigenvalue weighted by molar-refractivity contribution is -0.121. The van der Waals surface area contributed by atoms with Crippen LogP contribution >= 0.6 is 0 Å². The van der Waals surface area contributed by atoms with E-state index in [1.807, 2.05) is 26.8 Å². The van der Waals surface area contributed by atoms with Crippen molar-refractivity contribution in [3.05, 3.63) is 24.0 Å². The van der Waals surface area contributed by atoms with Crippen molar-refractivity contribution in [2.45, 2.75) is 52.5 Å². The first kappa shape index (κ1) is 20.6. The van der Waals surface area contributed by atoms with Gasteiger partial charge >= 0.3 is 0 Å². The number of rotatable bonds is 5. The zero-order chi connectivity index (χ0) is 20.9. The lowest BCUT2D eigenvalue weighted by atomic mass is 9.92. The first-order valence-corrected chi connectivity index (χ1v) is 12.1. The maximum Gasteiger partial charge on any atom is 0.242 e. The smallest absolute Gasteiger partial charge is 0.242 e. The van der Waals surface area contributed by atoms with Crippen LogP contribution in [0.25, 0.3) is 0 Å². The topological polar surface area (TPSA) is 91.4 Å². The third-order valence-electron chi connectivity index (χ3n) is 6.59. The van der Waals surface area contributed by atoms with Gasteiger partial charge < -0.3 is 10.6 Å². The van der Waals surface area contributed by atoms with E-state index in [4.69, 9.17) is 0 Å². The van der Waals surface area contributed by atoms with Crippen molar-refractivity contribution in [2.75, 3.05) is 30.7 Å². The molecule has 2 fully saturated rings. The summed E-state index contributed by atoms with van der Waals surface area (Å²) in [6.45, 7) is 7.78. The van der Waals surface area contributed by atoms with Crippen LogP contribution in [0.1, 0.15) is 45.6 Å². The average Bonchev–Trinajstić information content (AvgIpc) is 3.11. The third-order valence-corrected chi connectivity index (χ3v) is 8.97. The van der Waals surface area contributed by atoms with Gasteiger partial charge in [0.05, 0.1) is 17.6 Å². The summed E-state index contributed by atoms with van der Waals surface area (Å²) in [7, 11) is -3.19. The van der Waals surface area contributed by atoms with Crippen molar-refractivity contribution in [3.63, 3.8) is 0 Å². The van der Waals surface area contributed by atoms with Crippen LogP contribution in [-0.4, -0.2) is 55.0 Å². The average molecular weight is 421 g/mol. The molecule has 1 aromatic heterocycles. The number of fused-ring (bicyclic) bond motifs is 1. The molecule has 0 bridgehead atoms. The molecule has 0 aromatic carbocycles. The molecule has 1 spiro atoms. The SMILES string of the molecule is CC(C)(C)CS(=O)(=O)N1CCC2(CC1)CC2CNC(=O)C1Cc2ccncc2N1. The fraction of sp³-hybridized carbons (Fsp3) is 0.714. The van der Waals surface area contributed by atoms with E-state index in [2.05, 4.69) is 15.6 Å². The summed E-state index contributed by atoms with van der Waals surface area (Å²) in [5.41, 5.74) is 2.06. The van der Waals surface area contributed by atoms with Crippen molar-refractivity contribution in [3.8, 4) is 0 Å². The van der Waals surface area contributed by atoms with Gasteiger partial charge in [-0.05, 0) is 47.6 Å². The summed E-state index contributed by atoms with van der Waals surface area (Å²) >= 11 is 0. The number of nitrogens with zero attached hydrogens (tertiary/aromatic N) is 2. The lowest BCUT2D eigenvalue weighted by Gasteiger charge is -2.34. The minimum Gasteiger partial charge on any atom is -0.372 e. The Morgan fingerprint density at radius 1 is 1.34 bits per heavy atom. The number of anilines is 1. The van der Waals surface area contributed by atoms with E-state index < -0.39 is 10.0 Å². The first-order valence-electron chi connectivity index (χ1n) is 10.5. The summed E-state index contributed by atoms with van der Waals surface area (Å²) in [5.74, 6) is 0.691. The predicted molar refractivity (Wildman–Crippen MR) is 113 cm³/mol. The third kappa shape index (κ3) is 4.43. The van der Waals surface area contributed by atoms with Crippen LogP contribution in [0.5, 0.6) is 0 Å². The van der Waals surface area contributed by atoms with Crippen LogP contribution in [0, 0.1) is 16.7 Å². The van der Waals surface area contributed by atoms with E-state index >= 15 is 0 Å². The van der Waals surface area contributed by atoms with Crippen LogP contribution in [-0.2, 0) is 21.2 Å². The Kier molecular flexibility index (Phi) is 5.14. The number of carbonyl (C=O) groups excluding carboxylic acids is 1. The zero-order valence-corrected chi connectivity index (χ0v) is 18.4. The fourth-order valence-corrected chi connectivity index (χ4v) is 6.89. The predicted octanol–water partition coefficient (Wildman–Crippen LogP) is 2.01. The van der Waals surface area contributed by atoms with Gasteiger partial charge in [0.15, 0.2) is 0 Å². The number of nitrogens with one attached hydrogen (secondary N) is 2. The van der Waals surface area contributed by atoms with Crippen LogP contribution in [0.3, 0.4) is 0 Å². The van der Waals surface area contributed by atoms with Crippen molar-refractivity contribution in [1.82, 2.24) is 14.6 Å². The van der Waals surface area contributed by atoms with Gasteiger partial charge in [-0.25, -0.2) is 12.7 Å². The van der Waals surface area contributed by atoms with Gasteiger partial charge in [-0.3, -0.25) is 9.78 Å². The Morgan fingerprint density at radius 2 is 2.07 bits per heavy atom. The van der Waals surface area contributed by atoms with Gasteiger partial charge in [0.1, 0.15) is 6.04 Å². The highest BCUT2D eigenvalue weighted by molar-refractivity contribution is 7.89. The van der Waals surface area contributed by atoms with Crippen molar-refractivity contribution >= 4 is 21.6 Å². The first-order chi connectivity index (χ1) is 13.6. The van der Waals surface area contributed by atoms with Gasteiger partial charge in [0, 0.05) is 32.3 Å². The van der Waals surface area contributed by atoms with Crippen molar-refractivity contribution in [1.29, 1.82) is 0 Å². The standard InChI is InChI=1S/C21H32N4O3S/c1-20(2,3)14-29(27,28)25-8-5-21(6-9-25)11-16(21)12-23-19(26)17-10-15-4-7-22-13-18(15)24-17/h4,7,13,16-17,24H,5-6,8-12,14H2,1-3H3,(H,23,26). The molecule has 2 aliphatic heterocycles. The molecule has 4 rings (SSSR count). The monoisotopic (exact) mass is 420 g/mol. The number of carbonyl (C=O) groups is 1. The quantitative estimate of drug-likeness (QED) is 0.760. The maximum absolute atomic E-state index is 12.6. The molecule has 2 atom stereocenters. The Labute approximate surface area is 173 Å². The molecule has 1 aliphatic carbocycles. The molecule has 7 nitrogen and oxygen atoms in total.